The molecule has 0 heterocycles. The van der Waals surface area contributed by atoms with Gasteiger partial charge in [-0.25, -0.2) is 4.39 Å². The van der Waals surface area contributed by atoms with Crippen LogP contribution in [-0.4, -0.2) is 0 Å². The second-order valence-corrected chi connectivity index (χ2v) is 5.37. The highest BCUT2D eigenvalue weighted by molar-refractivity contribution is 7.98. The minimum atomic E-state index is -0.310. The average molecular weight is 287 g/mol. The van der Waals surface area contributed by atoms with Crippen molar-refractivity contribution in [3.8, 4) is 0 Å². The molecule has 0 saturated heterocycles. The molecule has 2 rings (SSSR count). The Hall–Kier alpha value is -0.700. The number of halogens is 3. The van der Waals surface area contributed by atoms with Gasteiger partial charge in [0.15, 0.2) is 0 Å². The molecule has 2 aromatic carbocycles. The lowest BCUT2D eigenvalue weighted by Gasteiger charge is -2.04. The van der Waals surface area contributed by atoms with Crippen molar-refractivity contribution in [2.75, 3.05) is 0 Å². The average Bonchev–Trinajstić information content (AvgIpc) is 2.30. The third kappa shape index (κ3) is 3.63. The summed E-state index contributed by atoms with van der Waals surface area (Å²) in [5.74, 6) is 0.399. The maximum atomic E-state index is 12.8. The summed E-state index contributed by atoms with van der Waals surface area (Å²) in [6.45, 7) is 0. The maximum absolute atomic E-state index is 12.8. The molecule has 0 aromatic heterocycles. The molecule has 2 aromatic rings. The second kappa shape index (κ2) is 5.76. The fraction of sp³-hybridized carbons (Fsp3) is 0.0769. The summed E-state index contributed by atoms with van der Waals surface area (Å²) >= 11 is 13.4. The third-order valence-corrected chi connectivity index (χ3v) is 3.89. The quantitative estimate of drug-likeness (QED) is 0.679. The van der Waals surface area contributed by atoms with Crippen molar-refractivity contribution in [1.82, 2.24) is 0 Å². The van der Waals surface area contributed by atoms with E-state index in [1.807, 2.05) is 24.3 Å². The number of hydrogen-bond donors (Lipinski definition) is 0. The molecule has 88 valence electrons. The van der Waals surface area contributed by atoms with E-state index >= 15 is 0 Å². The van der Waals surface area contributed by atoms with Gasteiger partial charge in [0.05, 0.1) is 0 Å². The Bertz CT molecular complexity index is 511. The second-order valence-electron chi connectivity index (χ2n) is 3.48. The van der Waals surface area contributed by atoms with Crippen LogP contribution in [-0.2, 0) is 5.75 Å². The standard InChI is InChI=1S/C13H9Cl2FS/c14-10-2-5-12(6-3-10)17-8-9-1-4-11(16)7-13(9)15/h1-7H,8H2. The molecule has 0 atom stereocenters. The van der Waals surface area contributed by atoms with Crippen LogP contribution in [0.15, 0.2) is 47.4 Å². The molecule has 0 nitrogen and oxygen atoms in total. The summed E-state index contributed by atoms with van der Waals surface area (Å²) in [6.07, 6.45) is 0. The smallest absolute Gasteiger partial charge is 0.124 e. The van der Waals surface area contributed by atoms with Crippen LogP contribution < -0.4 is 0 Å². The first-order valence-corrected chi connectivity index (χ1v) is 6.71. The van der Waals surface area contributed by atoms with Gasteiger partial charge in [-0.05, 0) is 42.0 Å². The van der Waals surface area contributed by atoms with Crippen LogP contribution in [0, 0.1) is 5.82 Å². The number of benzene rings is 2. The van der Waals surface area contributed by atoms with Crippen molar-refractivity contribution >= 4 is 35.0 Å². The molecule has 0 spiro atoms. The largest absolute Gasteiger partial charge is 0.207 e. The van der Waals surface area contributed by atoms with Crippen LogP contribution in [0.4, 0.5) is 4.39 Å². The summed E-state index contributed by atoms with van der Waals surface area (Å²) < 4.78 is 12.8. The molecule has 0 aliphatic carbocycles. The lowest BCUT2D eigenvalue weighted by atomic mass is 10.2. The van der Waals surface area contributed by atoms with Crippen LogP contribution in [0.3, 0.4) is 0 Å². The lowest BCUT2D eigenvalue weighted by Crippen LogP contribution is -1.84. The SMILES string of the molecule is Fc1ccc(CSc2ccc(Cl)cc2)c(Cl)c1. The molecule has 17 heavy (non-hydrogen) atoms. The Balaban J connectivity index is 2.04. The molecule has 0 amide bonds. The van der Waals surface area contributed by atoms with Gasteiger partial charge in [-0.3, -0.25) is 0 Å². The predicted octanol–water partition coefficient (Wildman–Crippen LogP) is 5.42. The van der Waals surface area contributed by atoms with E-state index in [9.17, 15) is 4.39 Å². The van der Waals surface area contributed by atoms with Crippen molar-refractivity contribution in [3.05, 3.63) is 63.9 Å². The first-order valence-electron chi connectivity index (χ1n) is 4.97. The van der Waals surface area contributed by atoms with Crippen molar-refractivity contribution in [1.29, 1.82) is 0 Å². The molecule has 0 fully saturated rings. The Morgan fingerprint density at radius 2 is 1.71 bits per heavy atom. The topological polar surface area (TPSA) is 0 Å². The molecule has 0 bridgehead atoms. The van der Waals surface area contributed by atoms with E-state index in [1.54, 1.807) is 17.8 Å². The monoisotopic (exact) mass is 286 g/mol. The van der Waals surface area contributed by atoms with Gasteiger partial charge < -0.3 is 0 Å². The molecule has 0 unspecified atom stereocenters. The van der Waals surface area contributed by atoms with E-state index in [1.165, 1.54) is 12.1 Å². The van der Waals surface area contributed by atoms with Crippen LogP contribution >= 0.6 is 35.0 Å². The van der Waals surface area contributed by atoms with Crippen LogP contribution in [0.5, 0.6) is 0 Å². The van der Waals surface area contributed by atoms with E-state index in [4.69, 9.17) is 23.2 Å². The normalized spacial score (nSPS) is 10.5. The Kier molecular flexibility index (Phi) is 4.32. The van der Waals surface area contributed by atoms with Gasteiger partial charge in [0.25, 0.3) is 0 Å². The summed E-state index contributed by atoms with van der Waals surface area (Å²) in [4.78, 5) is 1.11. The van der Waals surface area contributed by atoms with Gasteiger partial charge in [-0.2, -0.15) is 0 Å². The van der Waals surface area contributed by atoms with Gasteiger partial charge in [0, 0.05) is 20.7 Å². The van der Waals surface area contributed by atoms with Crippen LogP contribution in [0.2, 0.25) is 10.0 Å². The molecular weight excluding hydrogens is 278 g/mol. The van der Waals surface area contributed by atoms with E-state index in [-0.39, 0.29) is 5.82 Å². The maximum Gasteiger partial charge on any atom is 0.124 e. The molecule has 0 radical (unpaired) electrons. The molecule has 0 saturated carbocycles. The lowest BCUT2D eigenvalue weighted by molar-refractivity contribution is 0.627. The molecule has 0 aliphatic rings. The number of hydrogen-bond acceptors (Lipinski definition) is 1. The Labute approximate surface area is 114 Å². The van der Waals surface area contributed by atoms with E-state index in [0.29, 0.717) is 15.8 Å². The fourth-order valence-corrected chi connectivity index (χ4v) is 2.67. The predicted molar refractivity (Wildman–Crippen MR) is 72.4 cm³/mol. The van der Waals surface area contributed by atoms with E-state index < -0.39 is 0 Å². The van der Waals surface area contributed by atoms with Crippen molar-refractivity contribution in [3.63, 3.8) is 0 Å². The van der Waals surface area contributed by atoms with Crippen molar-refractivity contribution < 1.29 is 4.39 Å². The third-order valence-electron chi connectivity index (χ3n) is 2.22. The zero-order valence-corrected chi connectivity index (χ0v) is 11.1. The van der Waals surface area contributed by atoms with Gasteiger partial charge >= 0.3 is 0 Å². The fourth-order valence-electron chi connectivity index (χ4n) is 1.33. The minimum Gasteiger partial charge on any atom is -0.207 e. The highest BCUT2D eigenvalue weighted by Crippen LogP contribution is 2.27. The summed E-state index contributed by atoms with van der Waals surface area (Å²) in [6, 6.07) is 12.0. The van der Waals surface area contributed by atoms with Crippen molar-refractivity contribution in [2.45, 2.75) is 10.6 Å². The molecule has 0 aliphatic heterocycles. The Morgan fingerprint density at radius 1 is 1.00 bits per heavy atom. The molecular formula is C13H9Cl2FS. The number of thioether (sulfide) groups is 1. The summed E-state index contributed by atoms with van der Waals surface area (Å²) in [5.41, 5.74) is 0.924. The zero-order valence-electron chi connectivity index (χ0n) is 8.79. The van der Waals surface area contributed by atoms with E-state index in [2.05, 4.69) is 0 Å². The molecule has 4 heteroatoms. The summed E-state index contributed by atoms with van der Waals surface area (Å²) in [7, 11) is 0. The van der Waals surface area contributed by atoms with E-state index in [0.717, 1.165) is 10.5 Å². The number of rotatable bonds is 3. The van der Waals surface area contributed by atoms with Gasteiger partial charge in [-0.15, -0.1) is 11.8 Å². The Morgan fingerprint density at radius 3 is 2.35 bits per heavy atom. The zero-order chi connectivity index (χ0) is 12.3. The molecule has 0 N–H and O–H groups in total. The highest BCUT2D eigenvalue weighted by Gasteiger charge is 2.03. The minimum absolute atomic E-state index is 0.310. The first kappa shape index (κ1) is 12.7. The van der Waals surface area contributed by atoms with Crippen LogP contribution in [0.25, 0.3) is 0 Å². The van der Waals surface area contributed by atoms with Crippen molar-refractivity contribution in [2.24, 2.45) is 0 Å². The summed E-state index contributed by atoms with van der Waals surface area (Å²) in [5, 5.41) is 1.18. The highest BCUT2D eigenvalue weighted by atomic mass is 35.5. The van der Waals surface area contributed by atoms with Gasteiger partial charge in [-0.1, -0.05) is 29.3 Å². The van der Waals surface area contributed by atoms with Gasteiger partial charge in [0.2, 0.25) is 0 Å². The van der Waals surface area contributed by atoms with Gasteiger partial charge in [0.1, 0.15) is 5.82 Å². The van der Waals surface area contributed by atoms with Crippen LogP contribution in [0.1, 0.15) is 5.56 Å². The first-order chi connectivity index (χ1) is 8.15.